The highest BCUT2D eigenvalue weighted by Crippen LogP contribution is 2.23. The summed E-state index contributed by atoms with van der Waals surface area (Å²) in [6.07, 6.45) is 0.683. The number of anilines is 1. The number of nitrogens with one attached hydrogen (secondary N) is 1. The van der Waals surface area contributed by atoms with Crippen LogP contribution in [0.1, 0.15) is 22.7 Å². The number of rotatable bonds is 3. The zero-order chi connectivity index (χ0) is 21.8. The number of hydrogen-bond acceptors (Lipinski definition) is 4. The lowest BCUT2D eigenvalue weighted by atomic mass is 10.2. The summed E-state index contributed by atoms with van der Waals surface area (Å²) in [7, 11) is 0. The molecule has 1 aromatic heterocycles. The SMILES string of the molecule is Cc1oc(-c2ccccc2)nc1C(=O)N1CCCN(C(=O)Nc2ccc(Cl)cc2)CC1. The molecule has 160 valence electrons. The number of nitrogens with zero attached hydrogens (tertiary/aromatic N) is 3. The number of urea groups is 1. The largest absolute Gasteiger partial charge is 0.441 e. The lowest BCUT2D eigenvalue weighted by molar-refractivity contribution is 0.0755. The number of aryl methyl sites for hydroxylation is 1. The molecule has 0 spiro atoms. The molecule has 3 amide bonds. The normalized spacial score (nSPS) is 14.3. The third kappa shape index (κ3) is 4.88. The lowest BCUT2D eigenvalue weighted by Crippen LogP contribution is -2.39. The van der Waals surface area contributed by atoms with Crippen molar-refractivity contribution in [3.05, 3.63) is 71.1 Å². The van der Waals surface area contributed by atoms with Crippen LogP contribution in [0.15, 0.2) is 59.0 Å². The highest BCUT2D eigenvalue weighted by atomic mass is 35.5. The van der Waals surface area contributed by atoms with E-state index < -0.39 is 0 Å². The minimum Gasteiger partial charge on any atom is -0.441 e. The van der Waals surface area contributed by atoms with Gasteiger partial charge in [-0.1, -0.05) is 29.8 Å². The van der Waals surface area contributed by atoms with E-state index in [1.165, 1.54) is 0 Å². The highest BCUT2D eigenvalue weighted by Gasteiger charge is 2.26. The van der Waals surface area contributed by atoms with Crippen LogP contribution >= 0.6 is 11.6 Å². The molecule has 1 N–H and O–H groups in total. The summed E-state index contributed by atoms with van der Waals surface area (Å²) in [6, 6.07) is 16.3. The minimum absolute atomic E-state index is 0.177. The Hall–Kier alpha value is -3.32. The van der Waals surface area contributed by atoms with Crippen LogP contribution in [-0.2, 0) is 0 Å². The summed E-state index contributed by atoms with van der Waals surface area (Å²) >= 11 is 5.89. The van der Waals surface area contributed by atoms with Crippen molar-refractivity contribution in [1.29, 1.82) is 0 Å². The van der Waals surface area contributed by atoms with Gasteiger partial charge in [0.1, 0.15) is 5.76 Å². The fraction of sp³-hybridized carbons (Fsp3) is 0.261. The van der Waals surface area contributed by atoms with E-state index in [0.29, 0.717) is 60.7 Å². The molecular formula is C23H23ClN4O3. The molecule has 2 heterocycles. The van der Waals surface area contributed by atoms with E-state index >= 15 is 0 Å². The summed E-state index contributed by atoms with van der Waals surface area (Å²) in [6.45, 7) is 3.73. The predicted molar refractivity (Wildman–Crippen MR) is 119 cm³/mol. The molecular weight excluding hydrogens is 416 g/mol. The topological polar surface area (TPSA) is 78.7 Å². The molecule has 31 heavy (non-hydrogen) atoms. The van der Waals surface area contributed by atoms with Gasteiger partial charge in [0.15, 0.2) is 5.69 Å². The van der Waals surface area contributed by atoms with Crippen LogP contribution in [0.5, 0.6) is 0 Å². The Morgan fingerprint density at radius 2 is 1.65 bits per heavy atom. The van der Waals surface area contributed by atoms with Crippen LogP contribution in [0.25, 0.3) is 11.5 Å². The quantitative estimate of drug-likeness (QED) is 0.643. The number of oxazole rings is 1. The standard InChI is InChI=1S/C23H23ClN4O3/c1-16-20(26-21(31-16)17-6-3-2-4-7-17)22(29)27-12-5-13-28(15-14-27)23(30)25-19-10-8-18(24)9-11-19/h2-4,6-11H,5,12-15H2,1H3,(H,25,30). The van der Waals surface area contributed by atoms with E-state index in [1.54, 1.807) is 41.0 Å². The molecule has 0 radical (unpaired) electrons. The number of amides is 3. The molecule has 2 aromatic carbocycles. The van der Waals surface area contributed by atoms with Crippen molar-refractivity contribution in [2.24, 2.45) is 0 Å². The van der Waals surface area contributed by atoms with E-state index in [9.17, 15) is 9.59 Å². The number of benzene rings is 2. The van der Waals surface area contributed by atoms with E-state index in [1.807, 2.05) is 30.3 Å². The first-order valence-electron chi connectivity index (χ1n) is 10.1. The maximum atomic E-state index is 13.1. The van der Waals surface area contributed by atoms with E-state index in [4.69, 9.17) is 16.0 Å². The average Bonchev–Trinajstić information content (AvgIpc) is 3.00. The summed E-state index contributed by atoms with van der Waals surface area (Å²) < 4.78 is 5.74. The molecule has 1 saturated heterocycles. The van der Waals surface area contributed by atoms with Gasteiger partial charge < -0.3 is 19.5 Å². The van der Waals surface area contributed by atoms with Crippen molar-refractivity contribution in [3.8, 4) is 11.5 Å². The molecule has 0 bridgehead atoms. The molecule has 0 saturated carbocycles. The Kier molecular flexibility index (Phi) is 6.23. The maximum absolute atomic E-state index is 13.1. The Bertz CT molecular complexity index is 1070. The second kappa shape index (κ2) is 9.22. The van der Waals surface area contributed by atoms with Gasteiger partial charge in [-0.3, -0.25) is 4.79 Å². The molecule has 3 aromatic rings. The van der Waals surface area contributed by atoms with Gasteiger partial charge in [-0.2, -0.15) is 0 Å². The molecule has 1 aliphatic heterocycles. The third-order valence-electron chi connectivity index (χ3n) is 5.19. The van der Waals surface area contributed by atoms with Gasteiger partial charge in [0.2, 0.25) is 5.89 Å². The fourth-order valence-electron chi connectivity index (χ4n) is 3.51. The average molecular weight is 439 g/mol. The zero-order valence-electron chi connectivity index (χ0n) is 17.2. The lowest BCUT2D eigenvalue weighted by Gasteiger charge is -2.22. The van der Waals surface area contributed by atoms with E-state index in [-0.39, 0.29) is 11.9 Å². The monoisotopic (exact) mass is 438 g/mol. The van der Waals surface area contributed by atoms with Crippen LogP contribution in [0, 0.1) is 6.92 Å². The van der Waals surface area contributed by atoms with Crippen LogP contribution in [0.3, 0.4) is 0 Å². The van der Waals surface area contributed by atoms with Crippen LogP contribution < -0.4 is 5.32 Å². The first-order valence-corrected chi connectivity index (χ1v) is 10.5. The van der Waals surface area contributed by atoms with E-state index in [2.05, 4.69) is 10.3 Å². The smallest absolute Gasteiger partial charge is 0.321 e. The number of aromatic nitrogens is 1. The second-order valence-electron chi connectivity index (χ2n) is 7.36. The number of carbonyl (C=O) groups excluding carboxylic acids is 2. The summed E-state index contributed by atoms with van der Waals surface area (Å²) in [5, 5.41) is 3.48. The van der Waals surface area contributed by atoms with Crippen molar-refractivity contribution >= 4 is 29.2 Å². The van der Waals surface area contributed by atoms with Crippen molar-refractivity contribution < 1.29 is 14.0 Å². The van der Waals surface area contributed by atoms with Gasteiger partial charge in [0, 0.05) is 42.5 Å². The molecule has 1 aliphatic rings. The molecule has 7 nitrogen and oxygen atoms in total. The highest BCUT2D eigenvalue weighted by molar-refractivity contribution is 6.30. The summed E-state index contributed by atoms with van der Waals surface area (Å²) in [5.74, 6) is 0.745. The van der Waals surface area contributed by atoms with Gasteiger partial charge in [0.25, 0.3) is 5.91 Å². The Balaban J connectivity index is 1.40. The van der Waals surface area contributed by atoms with Gasteiger partial charge in [-0.05, 0) is 49.7 Å². The molecule has 1 fully saturated rings. The Morgan fingerprint density at radius 1 is 0.968 bits per heavy atom. The van der Waals surface area contributed by atoms with Crippen LogP contribution in [0.4, 0.5) is 10.5 Å². The minimum atomic E-state index is -0.194. The molecule has 8 heteroatoms. The van der Waals surface area contributed by atoms with Crippen molar-refractivity contribution in [2.75, 3.05) is 31.5 Å². The first-order chi connectivity index (χ1) is 15.0. The second-order valence-corrected chi connectivity index (χ2v) is 7.80. The maximum Gasteiger partial charge on any atom is 0.321 e. The Labute approximate surface area is 185 Å². The first kappa shape index (κ1) is 20.9. The molecule has 0 unspecified atom stereocenters. The number of carbonyl (C=O) groups is 2. The van der Waals surface area contributed by atoms with Crippen molar-refractivity contribution in [2.45, 2.75) is 13.3 Å². The summed E-state index contributed by atoms with van der Waals surface area (Å²) in [4.78, 5) is 33.6. The summed E-state index contributed by atoms with van der Waals surface area (Å²) in [5.41, 5.74) is 1.82. The van der Waals surface area contributed by atoms with Gasteiger partial charge >= 0.3 is 6.03 Å². The zero-order valence-corrected chi connectivity index (χ0v) is 17.9. The molecule has 0 atom stereocenters. The number of hydrogen-bond donors (Lipinski definition) is 1. The van der Waals surface area contributed by atoms with E-state index in [0.717, 1.165) is 5.56 Å². The van der Waals surface area contributed by atoms with Crippen LogP contribution in [0.2, 0.25) is 5.02 Å². The molecule has 0 aliphatic carbocycles. The predicted octanol–water partition coefficient (Wildman–Crippen LogP) is 4.68. The van der Waals surface area contributed by atoms with Crippen molar-refractivity contribution in [1.82, 2.24) is 14.8 Å². The van der Waals surface area contributed by atoms with Gasteiger partial charge in [-0.15, -0.1) is 0 Å². The van der Waals surface area contributed by atoms with Gasteiger partial charge in [0.05, 0.1) is 0 Å². The number of halogens is 1. The fourth-order valence-corrected chi connectivity index (χ4v) is 3.63. The van der Waals surface area contributed by atoms with Crippen molar-refractivity contribution in [3.63, 3.8) is 0 Å². The Morgan fingerprint density at radius 3 is 2.39 bits per heavy atom. The molecule has 4 rings (SSSR count). The van der Waals surface area contributed by atoms with Gasteiger partial charge in [-0.25, -0.2) is 9.78 Å². The third-order valence-corrected chi connectivity index (χ3v) is 5.44. The van der Waals surface area contributed by atoms with Crippen LogP contribution in [-0.4, -0.2) is 52.9 Å².